The number of hydrogen-bond donors (Lipinski definition) is 1. The molecule has 1 aliphatic heterocycles. The summed E-state index contributed by atoms with van der Waals surface area (Å²) in [7, 11) is 0. The quantitative estimate of drug-likeness (QED) is 0.445. The minimum Gasteiger partial charge on any atom is -0.458 e. The van der Waals surface area contributed by atoms with Crippen LogP contribution in [0.4, 0.5) is 0 Å². The number of carbonyl (C=O) groups is 2. The monoisotopic (exact) mass is 264 g/mol. The number of ether oxygens (including phenoxy) is 1. The third-order valence-electron chi connectivity index (χ3n) is 4.16. The Morgan fingerprint density at radius 3 is 2.89 bits per heavy atom. The van der Waals surface area contributed by atoms with Crippen LogP contribution in [0.2, 0.25) is 0 Å². The third kappa shape index (κ3) is 2.95. The topological polar surface area (TPSA) is 63.6 Å². The van der Waals surface area contributed by atoms with E-state index in [1.54, 1.807) is 6.08 Å². The minimum absolute atomic E-state index is 0.0797. The van der Waals surface area contributed by atoms with Gasteiger partial charge < -0.3 is 9.84 Å². The maximum atomic E-state index is 11.7. The van der Waals surface area contributed by atoms with Crippen molar-refractivity contribution in [2.24, 2.45) is 11.8 Å². The molecule has 1 fully saturated rings. The highest BCUT2D eigenvalue weighted by Crippen LogP contribution is 2.35. The number of aliphatic hydroxyl groups is 1. The van der Waals surface area contributed by atoms with E-state index >= 15 is 0 Å². The molecule has 19 heavy (non-hydrogen) atoms. The second-order valence-electron chi connectivity index (χ2n) is 5.45. The Morgan fingerprint density at radius 1 is 1.47 bits per heavy atom. The fourth-order valence-corrected chi connectivity index (χ4v) is 2.72. The lowest BCUT2D eigenvalue weighted by molar-refractivity contribution is -0.142. The molecule has 0 spiro atoms. The van der Waals surface area contributed by atoms with Crippen LogP contribution in [-0.4, -0.2) is 29.6 Å². The fraction of sp³-hybridized carbons (Fsp3) is 0.600. The highest BCUT2D eigenvalue weighted by atomic mass is 16.6. The van der Waals surface area contributed by atoms with Crippen molar-refractivity contribution in [3.05, 3.63) is 23.3 Å². The van der Waals surface area contributed by atoms with E-state index in [0.717, 1.165) is 18.3 Å². The SMILES string of the molecule is C/C1=C\[C@H]2OC(=O)[C@@H](C)[C@@H]2CC/C(C=O)=C/C[C@@H]1O. The van der Waals surface area contributed by atoms with Gasteiger partial charge in [-0.15, -0.1) is 0 Å². The molecule has 2 rings (SSSR count). The predicted molar refractivity (Wildman–Crippen MR) is 70.3 cm³/mol. The van der Waals surface area contributed by atoms with Crippen molar-refractivity contribution in [2.75, 3.05) is 0 Å². The maximum Gasteiger partial charge on any atom is 0.309 e. The Morgan fingerprint density at radius 2 is 2.21 bits per heavy atom. The second-order valence-corrected chi connectivity index (χ2v) is 5.45. The molecule has 0 unspecified atom stereocenters. The van der Waals surface area contributed by atoms with Crippen LogP contribution >= 0.6 is 0 Å². The first-order valence-corrected chi connectivity index (χ1v) is 6.74. The molecule has 0 aromatic rings. The van der Waals surface area contributed by atoms with Crippen LogP contribution in [0.25, 0.3) is 0 Å². The lowest BCUT2D eigenvalue weighted by atomic mass is 9.84. The molecule has 0 bridgehead atoms. The van der Waals surface area contributed by atoms with Crippen LogP contribution in [0.15, 0.2) is 23.3 Å². The van der Waals surface area contributed by atoms with Gasteiger partial charge in [0.05, 0.1) is 12.0 Å². The van der Waals surface area contributed by atoms with E-state index in [2.05, 4.69) is 0 Å². The summed E-state index contributed by atoms with van der Waals surface area (Å²) in [5.74, 6) is -0.265. The van der Waals surface area contributed by atoms with Crippen LogP contribution < -0.4 is 0 Å². The van der Waals surface area contributed by atoms with Gasteiger partial charge in [-0.1, -0.05) is 13.0 Å². The number of aldehydes is 1. The normalized spacial score (nSPS) is 41.3. The zero-order valence-electron chi connectivity index (χ0n) is 11.3. The highest BCUT2D eigenvalue weighted by Gasteiger charge is 2.40. The summed E-state index contributed by atoms with van der Waals surface area (Å²) < 4.78 is 5.36. The lowest BCUT2D eigenvalue weighted by Crippen LogP contribution is -2.21. The van der Waals surface area contributed by atoms with Gasteiger partial charge in [0.2, 0.25) is 0 Å². The number of fused-ring (bicyclic) bond motifs is 1. The predicted octanol–water partition coefficient (Wildman–Crippen LogP) is 1.78. The molecule has 4 atom stereocenters. The average Bonchev–Trinajstić information content (AvgIpc) is 2.65. The molecular formula is C15H20O4. The van der Waals surface area contributed by atoms with Crippen LogP contribution in [-0.2, 0) is 14.3 Å². The molecule has 0 saturated carbocycles. The van der Waals surface area contributed by atoms with Crippen molar-refractivity contribution < 1.29 is 19.4 Å². The standard InChI is InChI=1S/C15H20O4/c1-9-7-14-12(10(2)15(18)19-14)5-3-11(8-16)4-6-13(9)17/h4,7-8,10,12-14,17H,3,5-6H2,1-2H3/b9-7+,11-4-/t10-,12-,13-,14+/m0/s1. The summed E-state index contributed by atoms with van der Waals surface area (Å²) in [4.78, 5) is 22.7. The van der Waals surface area contributed by atoms with Gasteiger partial charge in [0, 0.05) is 5.92 Å². The number of rotatable bonds is 1. The summed E-state index contributed by atoms with van der Waals surface area (Å²) in [5.41, 5.74) is 1.49. The van der Waals surface area contributed by atoms with Crippen molar-refractivity contribution in [3.63, 3.8) is 0 Å². The Balaban J connectivity index is 2.29. The molecule has 2 aliphatic rings. The molecule has 0 radical (unpaired) electrons. The number of allylic oxidation sites excluding steroid dienone is 1. The largest absolute Gasteiger partial charge is 0.458 e. The van der Waals surface area contributed by atoms with Crippen molar-refractivity contribution in [2.45, 2.75) is 45.3 Å². The van der Waals surface area contributed by atoms with E-state index in [1.165, 1.54) is 0 Å². The molecule has 1 saturated heterocycles. The third-order valence-corrected chi connectivity index (χ3v) is 4.16. The van der Waals surface area contributed by atoms with Crippen molar-refractivity contribution in [1.29, 1.82) is 0 Å². The van der Waals surface area contributed by atoms with Crippen molar-refractivity contribution in [3.8, 4) is 0 Å². The van der Waals surface area contributed by atoms with Gasteiger partial charge in [-0.3, -0.25) is 9.59 Å². The Kier molecular flexibility index (Phi) is 4.20. The minimum atomic E-state index is -0.622. The van der Waals surface area contributed by atoms with E-state index in [9.17, 15) is 14.7 Å². The van der Waals surface area contributed by atoms with E-state index in [0.29, 0.717) is 18.4 Å². The van der Waals surface area contributed by atoms with Gasteiger partial charge in [0.25, 0.3) is 0 Å². The smallest absolute Gasteiger partial charge is 0.309 e. The van der Waals surface area contributed by atoms with E-state index in [1.807, 2.05) is 19.9 Å². The molecule has 0 aromatic heterocycles. The Labute approximate surface area is 113 Å². The molecule has 0 aromatic carbocycles. The molecule has 4 heteroatoms. The van der Waals surface area contributed by atoms with E-state index in [4.69, 9.17) is 4.74 Å². The van der Waals surface area contributed by atoms with Gasteiger partial charge in [0.15, 0.2) is 0 Å². The van der Waals surface area contributed by atoms with Crippen LogP contribution in [0.1, 0.15) is 33.1 Å². The van der Waals surface area contributed by atoms with Gasteiger partial charge in [-0.25, -0.2) is 0 Å². The zero-order valence-corrected chi connectivity index (χ0v) is 11.3. The zero-order chi connectivity index (χ0) is 14.0. The maximum absolute atomic E-state index is 11.7. The van der Waals surface area contributed by atoms with Gasteiger partial charge in [0.1, 0.15) is 12.4 Å². The van der Waals surface area contributed by atoms with Gasteiger partial charge in [-0.2, -0.15) is 0 Å². The highest BCUT2D eigenvalue weighted by molar-refractivity contribution is 5.75. The van der Waals surface area contributed by atoms with Crippen LogP contribution in [0, 0.1) is 11.8 Å². The second kappa shape index (κ2) is 5.70. The van der Waals surface area contributed by atoms with E-state index < -0.39 is 6.10 Å². The summed E-state index contributed by atoms with van der Waals surface area (Å²) in [6.45, 7) is 3.69. The van der Waals surface area contributed by atoms with Crippen LogP contribution in [0.3, 0.4) is 0 Å². The summed E-state index contributed by atoms with van der Waals surface area (Å²) in [5, 5.41) is 10.00. The van der Waals surface area contributed by atoms with Crippen LogP contribution in [0.5, 0.6) is 0 Å². The molecular weight excluding hydrogens is 244 g/mol. The molecule has 4 nitrogen and oxygen atoms in total. The number of hydrogen-bond acceptors (Lipinski definition) is 4. The lowest BCUT2D eigenvalue weighted by Gasteiger charge is -2.20. The summed E-state index contributed by atoms with van der Waals surface area (Å²) >= 11 is 0. The average molecular weight is 264 g/mol. The fourth-order valence-electron chi connectivity index (χ4n) is 2.72. The van der Waals surface area contributed by atoms with Crippen molar-refractivity contribution in [1.82, 2.24) is 0 Å². The molecule has 1 N–H and O–H groups in total. The molecule has 1 aliphatic carbocycles. The Hall–Kier alpha value is -1.42. The van der Waals surface area contributed by atoms with Crippen molar-refractivity contribution >= 4 is 12.3 Å². The van der Waals surface area contributed by atoms with E-state index in [-0.39, 0.29) is 23.9 Å². The molecule has 1 heterocycles. The van der Waals surface area contributed by atoms with Gasteiger partial charge in [-0.05, 0) is 43.4 Å². The number of esters is 1. The molecule has 104 valence electrons. The summed E-state index contributed by atoms with van der Waals surface area (Å²) in [6.07, 6.45) is 5.40. The first kappa shape index (κ1) is 14.0. The first-order chi connectivity index (χ1) is 9.02. The number of aliphatic hydroxyl groups excluding tert-OH is 1. The summed E-state index contributed by atoms with van der Waals surface area (Å²) in [6, 6.07) is 0. The van der Waals surface area contributed by atoms with Gasteiger partial charge >= 0.3 is 5.97 Å². The molecule has 0 amide bonds. The number of carbonyl (C=O) groups excluding carboxylic acids is 2. The Bertz CT molecular complexity index is 435. The first-order valence-electron chi connectivity index (χ1n) is 6.74.